The number of nitrogens with two attached hydrogens (primary N) is 1. The van der Waals surface area contributed by atoms with Crippen molar-refractivity contribution >= 4 is 17.5 Å². The van der Waals surface area contributed by atoms with E-state index in [0.717, 1.165) is 4.90 Å². The van der Waals surface area contributed by atoms with Crippen molar-refractivity contribution in [1.29, 1.82) is 0 Å². The molecule has 2 amide bonds. The van der Waals surface area contributed by atoms with E-state index in [2.05, 4.69) is 0 Å². The Bertz CT molecular complexity index is 427. The first kappa shape index (κ1) is 10.6. The molecule has 0 radical (unpaired) electrons. The quantitative estimate of drug-likeness (QED) is 0.670. The molecule has 0 spiro atoms. The molecule has 1 aromatic rings. The van der Waals surface area contributed by atoms with Gasteiger partial charge in [0.25, 0.3) is 5.91 Å². The molecule has 16 heavy (non-hydrogen) atoms. The zero-order valence-electron chi connectivity index (χ0n) is 8.59. The molecule has 3 N–H and O–H groups in total. The van der Waals surface area contributed by atoms with Gasteiger partial charge in [0.05, 0.1) is 11.7 Å². The number of hydrogen-bond donors (Lipinski definition) is 2. The van der Waals surface area contributed by atoms with Crippen molar-refractivity contribution in [3.8, 4) is 5.75 Å². The lowest BCUT2D eigenvalue weighted by Gasteiger charge is -2.28. The average Bonchev–Trinajstić information content (AvgIpc) is 2.27. The minimum absolute atomic E-state index is 0.0879. The number of benzene rings is 1. The van der Waals surface area contributed by atoms with E-state index in [1.54, 1.807) is 0 Å². The smallest absolute Gasteiger partial charge is 0.250 e. The summed E-state index contributed by atoms with van der Waals surface area (Å²) in [4.78, 5) is 24.4. The van der Waals surface area contributed by atoms with Gasteiger partial charge in [0.2, 0.25) is 5.91 Å². The number of phenolic OH excluding ortho intramolecular Hbond substituents is 1. The maximum atomic E-state index is 11.7. The van der Waals surface area contributed by atoms with Crippen LogP contribution in [0.1, 0.15) is 12.8 Å². The van der Waals surface area contributed by atoms with E-state index in [9.17, 15) is 9.59 Å². The molecule has 0 aromatic heterocycles. The first-order chi connectivity index (χ1) is 7.59. The highest BCUT2D eigenvalue weighted by Crippen LogP contribution is 2.23. The van der Waals surface area contributed by atoms with Crippen molar-refractivity contribution in [3.05, 3.63) is 24.3 Å². The van der Waals surface area contributed by atoms with Crippen LogP contribution >= 0.6 is 0 Å². The van der Waals surface area contributed by atoms with Crippen LogP contribution in [0.5, 0.6) is 5.75 Å². The molecule has 1 fully saturated rings. The van der Waals surface area contributed by atoms with E-state index in [4.69, 9.17) is 10.8 Å². The Balaban J connectivity index is 2.34. The predicted octanol–water partition coefficient (Wildman–Crippen LogP) is 0.373. The lowest BCUT2D eigenvalue weighted by Crippen LogP contribution is -2.51. The fourth-order valence-corrected chi connectivity index (χ4v) is 1.68. The Hall–Kier alpha value is -1.88. The number of anilines is 1. The van der Waals surface area contributed by atoms with Gasteiger partial charge < -0.3 is 10.8 Å². The summed E-state index contributed by atoms with van der Waals surface area (Å²) in [6, 6.07) is 5.27. The number of hydrogen-bond acceptors (Lipinski definition) is 4. The summed E-state index contributed by atoms with van der Waals surface area (Å²) in [5.41, 5.74) is 6.05. The first-order valence-corrected chi connectivity index (χ1v) is 5.01. The molecular formula is C11H12N2O3. The molecular weight excluding hydrogens is 208 g/mol. The highest BCUT2D eigenvalue weighted by atomic mass is 16.3. The van der Waals surface area contributed by atoms with E-state index in [1.165, 1.54) is 24.3 Å². The molecule has 0 saturated carbocycles. The van der Waals surface area contributed by atoms with Crippen molar-refractivity contribution < 1.29 is 14.7 Å². The number of rotatable bonds is 1. The Morgan fingerprint density at radius 1 is 1.25 bits per heavy atom. The monoisotopic (exact) mass is 220 g/mol. The van der Waals surface area contributed by atoms with Crippen molar-refractivity contribution in [2.45, 2.75) is 18.9 Å². The van der Waals surface area contributed by atoms with E-state index in [0.29, 0.717) is 12.1 Å². The molecule has 1 aliphatic rings. The number of imide groups is 1. The Morgan fingerprint density at radius 2 is 1.88 bits per heavy atom. The van der Waals surface area contributed by atoms with Crippen LogP contribution in [0.2, 0.25) is 0 Å². The number of nitrogens with zero attached hydrogens (tertiary/aromatic N) is 1. The van der Waals surface area contributed by atoms with Crippen LogP contribution in [0.15, 0.2) is 24.3 Å². The van der Waals surface area contributed by atoms with Gasteiger partial charge in [0, 0.05) is 6.42 Å². The van der Waals surface area contributed by atoms with Crippen LogP contribution in [-0.4, -0.2) is 23.0 Å². The summed E-state index contributed by atoms with van der Waals surface area (Å²) < 4.78 is 0. The van der Waals surface area contributed by atoms with Crippen LogP contribution in [-0.2, 0) is 9.59 Å². The molecule has 0 aliphatic carbocycles. The second-order valence-electron chi connectivity index (χ2n) is 3.73. The molecule has 1 atom stereocenters. The number of phenols is 1. The zero-order chi connectivity index (χ0) is 11.7. The van der Waals surface area contributed by atoms with E-state index in [1.807, 2.05) is 0 Å². The number of piperidine rings is 1. The topological polar surface area (TPSA) is 83.6 Å². The third-order valence-electron chi connectivity index (χ3n) is 2.56. The van der Waals surface area contributed by atoms with Gasteiger partial charge in [0.1, 0.15) is 5.75 Å². The van der Waals surface area contributed by atoms with Gasteiger partial charge in [-0.3, -0.25) is 9.59 Å². The normalized spacial score (nSPS) is 21.3. The van der Waals surface area contributed by atoms with Gasteiger partial charge in [-0.25, -0.2) is 4.90 Å². The molecule has 1 saturated heterocycles. The number of carbonyl (C=O) groups is 2. The maximum absolute atomic E-state index is 11.7. The van der Waals surface area contributed by atoms with Crippen molar-refractivity contribution in [1.82, 2.24) is 0 Å². The van der Waals surface area contributed by atoms with Crippen LogP contribution in [0.4, 0.5) is 5.69 Å². The predicted molar refractivity (Wildman–Crippen MR) is 57.8 cm³/mol. The lowest BCUT2D eigenvalue weighted by atomic mass is 10.0. The van der Waals surface area contributed by atoms with Crippen molar-refractivity contribution in [3.63, 3.8) is 0 Å². The molecule has 1 aliphatic heterocycles. The van der Waals surface area contributed by atoms with Crippen LogP contribution < -0.4 is 10.6 Å². The summed E-state index contributed by atoms with van der Waals surface area (Å²) in [6.45, 7) is 0. The van der Waals surface area contributed by atoms with E-state index >= 15 is 0 Å². The number of aromatic hydroxyl groups is 1. The SMILES string of the molecule is N[C@H]1CCC(=O)N(c2ccc(O)cc2)C1=O. The Morgan fingerprint density at radius 3 is 2.50 bits per heavy atom. The van der Waals surface area contributed by atoms with Gasteiger partial charge in [-0.05, 0) is 30.7 Å². The number of carbonyl (C=O) groups excluding carboxylic acids is 2. The molecule has 5 nitrogen and oxygen atoms in total. The third kappa shape index (κ3) is 1.77. The van der Waals surface area contributed by atoms with Gasteiger partial charge in [0.15, 0.2) is 0 Å². The van der Waals surface area contributed by atoms with Gasteiger partial charge in [-0.15, -0.1) is 0 Å². The van der Waals surface area contributed by atoms with Gasteiger partial charge in [-0.2, -0.15) is 0 Å². The largest absolute Gasteiger partial charge is 0.508 e. The van der Waals surface area contributed by atoms with Gasteiger partial charge >= 0.3 is 0 Å². The molecule has 84 valence electrons. The highest BCUT2D eigenvalue weighted by molar-refractivity contribution is 6.18. The molecule has 0 bridgehead atoms. The first-order valence-electron chi connectivity index (χ1n) is 5.01. The lowest BCUT2D eigenvalue weighted by molar-refractivity contribution is -0.130. The third-order valence-corrected chi connectivity index (χ3v) is 2.56. The molecule has 5 heteroatoms. The summed E-state index contributed by atoms with van der Waals surface area (Å²) in [6.07, 6.45) is 0.667. The van der Waals surface area contributed by atoms with Crippen LogP contribution in [0.25, 0.3) is 0 Å². The summed E-state index contributed by atoms with van der Waals surface area (Å²) >= 11 is 0. The van der Waals surface area contributed by atoms with Gasteiger partial charge in [-0.1, -0.05) is 0 Å². The van der Waals surface area contributed by atoms with Crippen LogP contribution in [0.3, 0.4) is 0 Å². The summed E-state index contributed by atoms with van der Waals surface area (Å²) in [5.74, 6) is -0.552. The zero-order valence-corrected chi connectivity index (χ0v) is 8.59. The standard InChI is InChI=1S/C11H12N2O3/c12-9-5-6-10(15)13(11(9)16)7-1-3-8(14)4-2-7/h1-4,9,14H,5-6,12H2/t9-/m0/s1. The second kappa shape index (κ2) is 3.94. The minimum Gasteiger partial charge on any atom is -0.508 e. The molecule has 0 unspecified atom stereocenters. The summed E-state index contributed by atoms with van der Waals surface area (Å²) in [7, 11) is 0. The minimum atomic E-state index is -0.619. The molecule has 1 aromatic carbocycles. The van der Waals surface area contributed by atoms with Crippen molar-refractivity contribution in [2.75, 3.05) is 4.90 Å². The fourth-order valence-electron chi connectivity index (χ4n) is 1.68. The maximum Gasteiger partial charge on any atom is 0.250 e. The molecule has 1 heterocycles. The average molecular weight is 220 g/mol. The Labute approximate surface area is 92.5 Å². The van der Waals surface area contributed by atoms with E-state index < -0.39 is 6.04 Å². The molecule has 2 rings (SSSR count). The fraction of sp³-hybridized carbons (Fsp3) is 0.273. The van der Waals surface area contributed by atoms with E-state index in [-0.39, 0.29) is 24.0 Å². The second-order valence-corrected chi connectivity index (χ2v) is 3.73. The Kier molecular flexibility index (Phi) is 2.62. The highest BCUT2D eigenvalue weighted by Gasteiger charge is 2.32. The number of amides is 2. The summed E-state index contributed by atoms with van der Waals surface area (Å²) in [5, 5.41) is 9.13. The van der Waals surface area contributed by atoms with Crippen molar-refractivity contribution in [2.24, 2.45) is 5.73 Å². The van der Waals surface area contributed by atoms with Crippen LogP contribution in [0, 0.1) is 0 Å².